The summed E-state index contributed by atoms with van der Waals surface area (Å²) in [7, 11) is 0. The van der Waals surface area contributed by atoms with E-state index in [1.165, 1.54) is 12.1 Å². The third-order valence-electron chi connectivity index (χ3n) is 2.63. The maximum atomic E-state index is 12.8. The summed E-state index contributed by atoms with van der Waals surface area (Å²) in [6, 6.07) is 5.25. The molecule has 0 aliphatic rings. The van der Waals surface area contributed by atoms with Crippen molar-refractivity contribution in [3.05, 3.63) is 34.1 Å². The molecule has 1 aromatic rings. The normalized spacial score (nSPS) is 13.2. The zero-order valence-corrected chi connectivity index (χ0v) is 10.9. The first-order chi connectivity index (χ1) is 7.00. The molecule has 1 nitrogen and oxygen atoms in total. The van der Waals surface area contributed by atoms with Crippen molar-refractivity contribution in [1.29, 1.82) is 0 Å². The van der Waals surface area contributed by atoms with Gasteiger partial charge in [-0.05, 0) is 30.5 Å². The molecule has 0 spiro atoms. The van der Waals surface area contributed by atoms with E-state index in [9.17, 15) is 4.39 Å². The van der Waals surface area contributed by atoms with Crippen LogP contribution in [0.2, 0.25) is 0 Å². The Balaban J connectivity index is 2.58. The number of hydrogen-bond acceptors (Lipinski definition) is 1. The molecule has 1 unspecified atom stereocenters. The van der Waals surface area contributed by atoms with Crippen LogP contribution in [0.1, 0.15) is 26.3 Å². The zero-order valence-electron chi connectivity index (χ0n) is 9.35. The van der Waals surface area contributed by atoms with Gasteiger partial charge in [-0.1, -0.05) is 35.8 Å². The maximum absolute atomic E-state index is 12.8. The lowest BCUT2D eigenvalue weighted by Gasteiger charge is -2.17. The average Bonchev–Trinajstić information content (AvgIpc) is 2.15. The maximum Gasteiger partial charge on any atom is 0.124 e. The molecule has 0 fully saturated rings. The molecular weight excluding hydrogens is 257 g/mol. The summed E-state index contributed by atoms with van der Waals surface area (Å²) in [6.07, 6.45) is 0. The monoisotopic (exact) mass is 273 g/mol. The molecule has 1 aromatic carbocycles. The molecule has 0 aliphatic heterocycles. The lowest BCUT2D eigenvalue weighted by atomic mass is 10.1. The molecule has 0 radical (unpaired) electrons. The smallest absolute Gasteiger partial charge is 0.124 e. The van der Waals surface area contributed by atoms with Gasteiger partial charge in [0.25, 0.3) is 0 Å². The fourth-order valence-electron chi connectivity index (χ4n) is 1.17. The quantitative estimate of drug-likeness (QED) is 0.882. The predicted molar refractivity (Wildman–Crippen MR) is 65.2 cm³/mol. The molecule has 0 bridgehead atoms. The third kappa shape index (κ3) is 3.92. The summed E-state index contributed by atoms with van der Waals surface area (Å²) < 4.78 is 13.6. The van der Waals surface area contributed by atoms with Crippen LogP contribution >= 0.6 is 15.9 Å². The van der Waals surface area contributed by atoms with Crippen molar-refractivity contribution in [1.82, 2.24) is 5.32 Å². The van der Waals surface area contributed by atoms with Crippen molar-refractivity contribution >= 4 is 15.9 Å². The second-order valence-corrected chi connectivity index (χ2v) is 5.00. The Morgan fingerprint density at radius 2 is 2.00 bits per heavy atom. The van der Waals surface area contributed by atoms with Crippen LogP contribution in [0.5, 0.6) is 0 Å². The molecular formula is C12H17BrFN. The van der Waals surface area contributed by atoms with Gasteiger partial charge in [-0.3, -0.25) is 0 Å². The van der Waals surface area contributed by atoms with Crippen LogP contribution in [0.4, 0.5) is 4.39 Å². The third-order valence-corrected chi connectivity index (χ3v) is 3.37. The second-order valence-electron chi connectivity index (χ2n) is 4.15. The number of nitrogens with one attached hydrogen (secondary N) is 1. The van der Waals surface area contributed by atoms with Gasteiger partial charge in [0.1, 0.15) is 5.82 Å². The van der Waals surface area contributed by atoms with Crippen molar-refractivity contribution in [2.24, 2.45) is 5.92 Å². The van der Waals surface area contributed by atoms with Gasteiger partial charge >= 0.3 is 0 Å². The summed E-state index contributed by atoms with van der Waals surface area (Å²) in [5.41, 5.74) is 1.09. The van der Waals surface area contributed by atoms with Gasteiger partial charge in [0.2, 0.25) is 0 Å². The van der Waals surface area contributed by atoms with Gasteiger partial charge in [-0.2, -0.15) is 0 Å². The number of halogens is 2. The molecule has 0 saturated carbocycles. The van der Waals surface area contributed by atoms with Crippen molar-refractivity contribution in [3.8, 4) is 0 Å². The lowest BCUT2D eigenvalue weighted by molar-refractivity contribution is 0.425. The van der Waals surface area contributed by atoms with Crippen LogP contribution in [-0.2, 0) is 6.54 Å². The standard InChI is InChI=1S/C12H17BrFN/c1-8(2)9(3)15-7-10-4-5-11(14)6-12(10)13/h4-6,8-9,15H,7H2,1-3H3. The molecule has 0 amide bonds. The number of benzene rings is 1. The van der Waals surface area contributed by atoms with Gasteiger partial charge in [-0.15, -0.1) is 0 Å². The molecule has 1 rings (SSSR count). The van der Waals surface area contributed by atoms with Crippen LogP contribution in [0.25, 0.3) is 0 Å². The Kier molecular flexibility index (Phi) is 4.74. The minimum absolute atomic E-state index is 0.206. The van der Waals surface area contributed by atoms with E-state index < -0.39 is 0 Å². The molecule has 0 aromatic heterocycles. The first kappa shape index (κ1) is 12.7. The molecule has 1 N–H and O–H groups in total. The summed E-state index contributed by atoms with van der Waals surface area (Å²) in [6.45, 7) is 7.27. The lowest BCUT2D eigenvalue weighted by Crippen LogP contribution is -2.30. The van der Waals surface area contributed by atoms with Crippen LogP contribution in [-0.4, -0.2) is 6.04 Å². The van der Waals surface area contributed by atoms with Gasteiger partial charge in [-0.25, -0.2) is 4.39 Å². The van der Waals surface area contributed by atoms with E-state index in [0.29, 0.717) is 12.0 Å². The highest BCUT2D eigenvalue weighted by Gasteiger charge is 2.07. The van der Waals surface area contributed by atoms with Crippen molar-refractivity contribution < 1.29 is 4.39 Å². The van der Waals surface area contributed by atoms with Crippen LogP contribution in [0.3, 0.4) is 0 Å². The van der Waals surface area contributed by atoms with Crippen LogP contribution in [0, 0.1) is 11.7 Å². The predicted octanol–water partition coefficient (Wildman–Crippen LogP) is 3.72. The molecule has 0 aliphatic carbocycles. The van der Waals surface area contributed by atoms with E-state index >= 15 is 0 Å². The van der Waals surface area contributed by atoms with Gasteiger partial charge < -0.3 is 5.32 Å². The highest BCUT2D eigenvalue weighted by molar-refractivity contribution is 9.10. The van der Waals surface area contributed by atoms with E-state index in [2.05, 4.69) is 42.0 Å². The highest BCUT2D eigenvalue weighted by Crippen LogP contribution is 2.18. The largest absolute Gasteiger partial charge is 0.310 e. The zero-order chi connectivity index (χ0) is 11.4. The molecule has 3 heteroatoms. The Bertz CT molecular complexity index is 325. The minimum atomic E-state index is -0.206. The summed E-state index contributed by atoms with van der Waals surface area (Å²) in [5.74, 6) is 0.395. The summed E-state index contributed by atoms with van der Waals surface area (Å²) in [5, 5.41) is 3.41. The highest BCUT2D eigenvalue weighted by atomic mass is 79.9. The van der Waals surface area contributed by atoms with E-state index in [1.54, 1.807) is 6.07 Å². The number of hydrogen-bond donors (Lipinski definition) is 1. The number of rotatable bonds is 4. The SMILES string of the molecule is CC(C)C(C)NCc1ccc(F)cc1Br. The summed E-state index contributed by atoms with van der Waals surface area (Å²) in [4.78, 5) is 0. The molecule has 1 atom stereocenters. The van der Waals surface area contributed by atoms with Crippen LogP contribution in [0.15, 0.2) is 22.7 Å². The molecule has 0 heterocycles. The first-order valence-corrected chi connectivity index (χ1v) is 5.97. The minimum Gasteiger partial charge on any atom is -0.310 e. The Morgan fingerprint density at radius 3 is 2.53 bits per heavy atom. The first-order valence-electron chi connectivity index (χ1n) is 5.18. The van der Waals surface area contributed by atoms with Gasteiger partial charge in [0.15, 0.2) is 0 Å². The van der Waals surface area contributed by atoms with Crippen molar-refractivity contribution in [3.63, 3.8) is 0 Å². The Labute approximate surface area is 99.2 Å². The van der Waals surface area contributed by atoms with E-state index in [4.69, 9.17) is 0 Å². The second kappa shape index (κ2) is 5.61. The molecule has 0 saturated heterocycles. The summed E-state index contributed by atoms with van der Waals surface area (Å²) >= 11 is 3.35. The van der Waals surface area contributed by atoms with E-state index in [-0.39, 0.29) is 5.82 Å². The Hall–Kier alpha value is -0.410. The molecule has 84 valence electrons. The van der Waals surface area contributed by atoms with E-state index in [0.717, 1.165) is 16.6 Å². The fourth-order valence-corrected chi connectivity index (χ4v) is 1.66. The molecule has 15 heavy (non-hydrogen) atoms. The van der Waals surface area contributed by atoms with Gasteiger partial charge in [0, 0.05) is 17.1 Å². The van der Waals surface area contributed by atoms with Gasteiger partial charge in [0.05, 0.1) is 0 Å². The van der Waals surface area contributed by atoms with E-state index in [1.807, 2.05) is 0 Å². The van der Waals surface area contributed by atoms with Crippen molar-refractivity contribution in [2.45, 2.75) is 33.4 Å². The van der Waals surface area contributed by atoms with Crippen molar-refractivity contribution in [2.75, 3.05) is 0 Å². The average molecular weight is 274 g/mol. The topological polar surface area (TPSA) is 12.0 Å². The fraction of sp³-hybridized carbons (Fsp3) is 0.500. The Morgan fingerprint density at radius 1 is 1.33 bits per heavy atom. The van der Waals surface area contributed by atoms with Crippen LogP contribution < -0.4 is 5.32 Å².